The first-order valence-electron chi connectivity index (χ1n) is 5.63. The number of benzene rings is 1. The van der Waals surface area contributed by atoms with Gasteiger partial charge in [-0.05, 0) is 29.8 Å². The summed E-state index contributed by atoms with van der Waals surface area (Å²) < 4.78 is 0. The maximum atomic E-state index is 4.27. The van der Waals surface area contributed by atoms with Crippen LogP contribution in [-0.2, 0) is 0 Å². The van der Waals surface area contributed by atoms with Crippen molar-refractivity contribution in [3.05, 3.63) is 59.9 Å². The molecule has 0 spiro atoms. The van der Waals surface area contributed by atoms with Crippen molar-refractivity contribution in [1.29, 1.82) is 0 Å². The summed E-state index contributed by atoms with van der Waals surface area (Å²) in [6.45, 7) is 0. The van der Waals surface area contributed by atoms with Crippen LogP contribution in [0.1, 0.15) is 11.3 Å². The molecule has 0 atom stereocenters. The van der Waals surface area contributed by atoms with Gasteiger partial charge < -0.3 is 4.90 Å². The molecule has 0 unspecified atom stereocenters. The number of pyridine rings is 1. The van der Waals surface area contributed by atoms with Gasteiger partial charge in [0.2, 0.25) is 0 Å². The minimum absolute atomic E-state index is 0.973. The molecule has 2 nitrogen and oxygen atoms in total. The number of hydrogen-bond donors (Lipinski definition) is 0. The standard InChI is InChI=1S/C15H16N2/c1-17(2)15-9-4-3-7-13(15)10-11-14-8-5-6-12-16-14/h3-12H,1-2H3/b11-10+. The summed E-state index contributed by atoms with van der Waals surface area (Å²) in [6, 6.07) is 14.2. The van der Waals surface area contributed by atoms with Crippen molar-refractivity contribution in [2.75, 3.05) is 19.0 Å². The number of hydrogen-bond acceptors (Lipinski definition) is 2. The summed E-state index contributed by atoms with van der Waals surface area (Å²) in [5.41, 5.74) is 3.38. The molecule has 2 aromatic rings. The summed E-state index contributed by atoms with van der Waals surface area (Å²) in [7, 11) is 4.10. The highest BCUT2D eigenvalue weighted by Crippen LogP contribution is 2.20. The second kappa shape index (κ2) is 5.30. The van der Waals surface area contributed by atoms with Crippen molar-refractivity contribution >= 4 is 17.8 Å². The predicted octanol–water partition coefficient (Wildman–Crippen LogP) is 3.32. The summed E-state index contributed by atoms with van der Waals surface area (Å²) in [5.74, 6) is 0. The van der Waals surface area contributed by atoms with E-state index in [4.69, 9.17) is 0 Å². The number of rotatable bonds is 3. The van der Waals surface area contributed by atoms with Crippen LogP contribution in [-0.4, -0.2) is 19.1 Å². The van der Waals surface area contributed by atoms with Crippen LogP contribution in [0.15, 0.2) is 48.7 Å². The van der Waals surface area contributed by atoms with Gasteiger partial charge in [0.05, 0.1) is 5.69 Å². The molecule has 0 saturated carbocycles. The fourth-order valence-corrected chi connectivity index (χ4v) is 1.69. The summed E-state index contributed by atoms with van der Waals surface area (Å²) in [6.07, 6.45) is 5.93. The van der Waals surface area contributed by atoms with E-state index in [-0.39, 0.29) is 0 Å². The van der Waals surface area contributed by atoms with Crippen LogP contribution in [0, 0.1) is 0 Å². The Balaban J connectivity index is 2.27. The van der Waals surface area contributed by atoms with Gasteiger partial charge in [-0.2, -0.15) is 0 Å². The van der Waals surface area contributed by atoms with Crippen molar-refractivity contribution in [2.24, 2.45) is 0 Å². The second-order valence-electron chi connectivity index (χ2n) is 4.04. The van der Waals surface area contributed by atoms with Gasteiger partial charge in [-0.3, -0.25) is 4.98 Å². The highest BCUT2D eigenvalue weighted by Gasteiger charge is 1.99. The Morgan fingerprint density at radius 2 is 1.71 bits per heavy atom. The Hall–Kier alpha value is -2.09. The van der Waals surface area contributed by atoms with E-state index >= 15 is 0 Å². The molecule has 0 amide bonds. The smallest absolute Gasteiger partial charge is 0.0629 e. The number of aromatic nitrogens is 1. The van der Waals surface area contributed by atoms with Crippen molar-refractivity contribution in [3.63, 3.8) is 0 Å². The molecular weight excluding hydrogens is 208 g/mol. The van der Waals surface area contributed by atoms with Crippen molar-refractivity contribution in [1.82, 2.24) is 4.98 Å². The SMILES string of the molecule is CN(C)c1ccccc1/C=C/c1ccccn1. The van der Waals surface area contributed by atoms with Gasteiger partial charge in [-0.25, -0.2) is 0 Å². The minimum atomic E-state index is 0.973. The molecule has 1 heterocycles. The topological polar surface area (TPSA) is 16.1 Å². The molecule has 1 aromatic carbocycles. The highest BCUT2D eigenvalue weighted by atomic mass is 15.1. The molecule has 86 valence electrons. The number of anilines is 1. The van der Waals surface area contributed by atoms with Crippen LogP contribution in [0.4, 0.5) is 5.69 Å². The fourth-order valence-electron chi connectivity index (χ4n) is 1.69. The summed E-state index contributed by atoms with van der Waals surface area (Å²) in [5, 5.41) is 0. The van der Waals surface area contributed by atoms with E-state index < -0.39 is 0 Å². The van der Waals surface area contributed by atoms with Gasteiger partial charge in [-0.1, -0.05) is 30.3 Å². The quantitative estimate of drug-likeness (QED) is 0.795. The number of para-hydroxylation sites is 1. The molecule has 0 fully saturated rings. The molecule has 0 aliphatic rings. The molecule has 0 N–H and O–H groups in total. The minimum Gasteiger partial charge on any atom is -0.377 e. The van der Waals surface area contributed by atoms with E-state index in [0.717, 1.165) is 5.69 Å². The second-order valence-corrected chi connectivity index (χ2v) is 4.04. The Kier molecular flexibility index (Phi) is 3.55. The molecule has 0 aliphatic carbocycles. The molecule has 0 radical (unpaired) electrons. The zero-order chi connectivity index (χ0) is 12.1. The lowest BCUT2D eigenvalue weighted by Gasteiger charge is -2.15. The van der Waals surface area contributed by atoms with Crippen molar-refractivity contribution < 1.29 is 0 Å². The van der Waals surface area contributed by atoms with Crippen LogP contribution >= 0.6 is 0 Å². The zero-order valence-electron chi connectivity index (χ0n) is 10.2. The molecule has 1 aromatic heterocycles. The van der Waals surface area contributed by atoms with Crippen LogP contribution in [0.3, 0.4) is 0 Å². The van der Waals surface area contributed by atoms with Crippen LogP contribution in [0.25, 0.3) is 12.2 Å². The van der Waals surface area contributed by atoms with E-state index in [2.05, 4.69) is 28.1 Å². The number of nitrogens with zero attached hydrogens (tertiary/aromatic N) is 2. The maximum Gasteiger partial charge on any atom is 0.0629 e. The first-order valence-corrected chi connectivity index (χ1v) is 5.63. The van der Waals surface area contributed by atoms with Crippen LogP contribution < -0.4 is 4.90 Å². The third-order valence-electron chi connectivity index (χ3n) is 2.54. The van der Waals surface area contributed by atoms with Crippen molar-refractivity contribution in [3.8, 4) is 0 Å². The molecular formula is C15H16N2. The van der Waals surface area contributed by atoms with E-state index in [9.17, 15) is 0 Å². The van der Waals surface area contributed by atoms with Gasteiger partial charge in [0.1, 0.15) is 0 Å². The van der Waals surface area contributed by atoms with E-state index in [1.54, 1.807) is 6.20 Å². The van der Waals surface area contributed by atoms with Gasteiger partial charge in [0, 0.05) is 26.0 Å². The largest absolute Gasteiger partial charge is 0.377 e. The molecule has 2 rings (SSSR count). The lowest BCUT2D eigenvalue weighted by atomic mass is 10.1. The fraction of sp³-hybridized carbons (Fsp3) is 0.133. The van der Waals surface area contributed by atoms with Gasteiger partial charge in [0.25, 0.3) is 0 Å². The summed E-state index contributed by atoms with van der Waals surface area (Å²) in [4.78, 5) is 6.38. The molecule has 0 aliphatic heterocycles. The Labute approximate surface area is 102 Å². The Morgan fingerprint density at radius 1 is 0.941 bits per heavy atom. The van der Waals surface area contributed by atoms with E-state index in [0.29, 0.717) is 0 Å². The third kappa shape index (κ3) is 2.94. The van der Waals surface area contributed by atoms with Gasteiger partial charge in [0.15, 0.2) is 0 Å². The predicted molar refractivity (Wildman–Crippen MR) is 73.9 cm³/mol. The molecule has 0 bridgehead atoms. The highest BCUT2D eigenvalue weighted by molar-refractivity contribution is 5.76. The first kappa shape index (κ1) is 11.4. The van der Waals surface area contributed by atoms with Gasteiger partial charge in [-0.15, -0.1) is 0 Å². The lowest BCUT2D eigenvalue weighted by molar-refractivity contribution is 1.13. The van der Waals surface area contributed by atoms with Crippen LogP contribution in [0.2, 0.25) is 0 Å². The lowest BCUT2D eigenvalue weighted by Crippen LogP contribution is -2.09. The molecule has 0 saturated heterocycles. The monoisotopic (exact) mass is 224 g/mol. The first-order chi connectivity index (χ1) is 8.27. The molecule has 2 heteroatoms. The Bertz CT molecular complexity index is 501. The average Bonchev–Trinajstić information content (AvgIpc) is 2.38. The third-order valence-corrected chi connectivity index (χ3v) is 2.54. The maximum absolute atomic E-state index is 4.27. The van der Waals surface area contributed by atoms with Crippen molar-refractivity contribution in [2.45, 2.75) is 0 Å². The van der Waals surface area contributed by atoms with Gasteiger partial charge >= 0.3 is 0 Å². The van der Waals surface area contributed by atoms with E-state index in [1.165, 1.54) is 11.3 Å². The molecule has 17 heavy (non-hydrogen) atoms. The van der Waals surface area contributed by atoms with Crippen LogP contribution in [0.5, 0.6) is 0 Å². The normalized spacial score (nSPS) is 10.7. The zero-order valence-corrected chi connectivity index (χ0v) is 10.2. The summed E-state index contributed by atoms with van der Waals surface area (Å²) >= 11 is 0. The van der Waals surface area contributed by atoms with E-state index in [1.807, 2.05) is 50.5 Å². The average molecular weight is 224 g/mol. The Morgan fingerprint density at radius 3 is 2.41 bits per heavy atom.